The molecule has 2 N–H and O–H groups in total. The van der Waals surface area contributed by atoms with Crippen molar-refractivity contribution in [1.29, 1.82) is 0 Å². The Labute approximate surface area is 241 Å². The molecule has 0 unspecified atom stereocenters. The highest BCUT2D eigenvalue weighted by molar-refractivity contribution is 7.89. The fourth-order valence-electron chi connectivity index (χ4n) is 5.09. The number of piperidine rings is 1. The lowest BCUT2D eigenvalue weighted by molar-refractivity contribution is -0.112. The van der Waals surface area contributed by atoms with Gasteiger partial charge >= 0.3 is 0 Å². The lowest BCUT2D eigenvalue weighted by Gasteiger charge is -2.34. The molecule has 1 heterocycles. The van der Waals surface area contributed by atoms with Crippen LogP contribution in [-0.2, 0) is 27.7 Å². The van der Waals surface area contributed by atoms with Crippen molar-refractivity contribution in [2.75, 3.05) is 18.0 Å². The molecule has 0 radical (unpaired) electrons. The first-order chi connectivity index (χ1) is 19.9. The maximum atomic E-state index is 13.0. The smallest absolute Gasteiger partial charge is 0.240 e. The number of benzene rings is 4. The number of ketones is 1. The van der Waals surface area contributed by atoms with Gasteiger partial charge in [-0.2, -0.15) is 0 Å². The predicted octanol–water partition coefficient (Wildman–Crippen LogP) is 5.49. The van der Waals surface area contributed by atoms with E-state index < -0.39 is 10.0 Å². The minimum absolute atomic E-state index is 0.136. The van der Waals surface area contributed by atoms with Crippen LogP contribution < -0.4 is 9.62 Å². The summed E-state index contributed by atoms with van der Waals surface area (Å²) in [5, 5.41) is 12.6. The zero-order chi connectivity index (χ0) is 28.7. The SMILES string of the molecule is O=C(Cc1ccc(N2CCC(NS(=O)(=O)c3ccc(-c4ccccc4)cc3)CC2)cc1)/C(Cc1ccccc1)=N/O. The van der Waals surface area contributed by atoms with E-state index in [2.05, 4.69) is 14.8 Å². The second kappa shape index (κ2) is 12.9. The Morgan fingerprint density at radius 3 is 1.93 bits per heavy atom. The van der Waals surface area contributed by atoms with Gasteiger partial charge in [-0.1, -0.05) is 90.1 Å². The first kappa shape index (κ1) is 28.3. The van der Waals surface area contributed by atoms with Crippen LogP contribution in [0, 0.1) is 0 Å². The number of sulfonamides is 1. The maximum Gasteiger partial charge on any atom is 0.240 e. The summed E-state index contributed by atoms with van der Waals surface area (Å²) in [6.07, 6.45) is 1.82. The topological polar surface area (TPSA) is 99.1 Å². The van der Waals surface area contributed by atoms with Gasteiger partial charge in [0.2, 0.25) is 10.0 Å². The summed E-state index contributed by atoms with van der Waals surface area (Å²) in [4.78, 5) is 15.2. The normalized spacial score (nSPS) is 14.6. The molecule has 41 heavy (non-hydrogen) atoms. The molecule has 7 nitrogen and oxygen atoms in total. The first-order valence-corrected chi connectivity index (χ1v) is 15.2. The fraction of sp³-hybridized carbons (Fsp3) is 0.212. The summed E-state index contributed by atoms with van der Waals surface area (Å²) in [6, 6.07) is 34.0. The van der Waals surface area contributed by atoms with Gasteiger partial charge in [0.1, 0.15) is 5.71 Å². The van der Waals surface area contributed by atoms with Crippen LogP contribution >= 0.6 is 0 Å². The molecule has 1 aliphatic rings. The van der Waals surface area contributed by atoms with Crippen molar-refractivity contribution >= 4 is 27.2 Å². The van der Waals surface area contributed by atoms with Crippen molar-refractivity contribution in [1.82, 2.24) is 4.72 Å². The average Bonchev–Trinajstić information content (AvgIpc) is 3.01. The predicted molar refractivity (Wildman–Crippen MR) is 162 cm³/mol. The van der Waals surface area contributed by atoms with Gasteiger partial charge in [0.05, 0.1) is 4.90 Å². The van der Waals surface area contributed by atoms with Crippen LogP contribution in [0.3, 0.4) is 0 Å². The number of anilines is 1. The number of hydrogen-bond donors (Lipinski definition) is 2. The summed E-state index contributed by atoms with van der Waals surface area (Å²) in [6.45, 7) is 1.44. The molecular weight excluding hydrogens is 534 g/mol. The Bertz CT molecular complexity index is 1580. The van der Waals surface area contributed by atoms with Gasteiger partial charge in [-0.3, -0.25) is 4.79 Å². The number of rotatable bonds is 10. The summed E-state index contributed by atoms with van der Waals surface area (Å²) < 4.78 is 28.9. The zero-order valence-electron chi connectivity index (χ0n) is 22.7. The van der Waals surface area contributed by atoms with E-state index in [0.29, 0.717) is 12.8 Å². The number of nitrogens with one attached hydrogen (secondary N) is 1. The van der Waals surface area contributed by atoms with Crippen molar-refractivity contribution in [2.45, 2.75) is 36.6 Å². The van der Waals surface area contributed by atoms with E-state index in [1.807, 2.05) is 97.1 Å². The van der Waals surface area contributed by atoms with Crippen LogP contribution in [0.15, 0.2) is 119 Å². The molecule has 1 saturated heterocycles. The van der Waals surface area contributed by atoms with Crippen LogP contribution in [0.2, 0.25) is 0 Å². The second-order valence-electron chi connectivity index (χ2n) is 10.2. The Kier molecular flexibility index (Phi) is 8.91. The second-order valence-corrected chi connectivity index (χ2v) is 12.0. The molecule has 0 aliphatic carbocycles. The van der Waals surface area contributed by atoms with E-state index in [1.165, 1.54) is 0 Å². The van der Waals surface area contributed by atoms with E-state index >= 15 is 0 Å². The van der Waals surface area contributed by atoms with Gasteiger partial charge in [0, 0.05) is 37.7 Å². The molecule has 210 valence electrons. The zero-order valence-corrected chi connectivity index (χ0v) is 23.5. The van der Waals surface area contributed by atoms with Gasteiger partial charge in [0.15, 0.2) is 5.78 Å². The summed E-state index contributed by atoms with van der Waals surface area (Å²) in [5.41, 5.74) is 4.94. The molecule has 5 rings (SSSR count). The minimum atomic E-state index is -3.62. The van der Waals surface area contributed by atoms with Crippen molar-refractivity contribution in [3.8, 4) is 11.1 Å². The van der Waals surface area contributed by atoms with E-state index in [0.717, 1.165) is 41.0 Å². The molecule has 0 saturated carbocycles. The van der Waals surface area contributed by atoms with E-state index in [9.17, 15) is 18.4 Å². The summed E-state index contributed by atoms with van der Waals surface area (Å²) >= 11 is 0. The number of carbonyl (C=O) groups is 1. The quantitative estimate of drug-likeness (QED) is 0.150. The summed E-state index contributed by atoms with van der Waals surface area (Å²) in [7, 11) is -3.62. The number of Topliss-reactive ketones (excluding diaryl/α,β-unsaturated/α-hetero) is 1. The number of nitrogens with zero attached hydrogens (tertiary/aromatic N) is 2. The molecule has 1 fully saturated rings. The van der Waals surface area contributed by atoms with Crippen LogP contribution in [0.25, 0.3) is 11.1 Å². The molecule has 0 atom stereocenters. The third-order valence-electron chi connectivity index (χ3n) is 7.41. The third kappa shape index (κ3) is 7.28. The summed E-state index contributed by atoms with van der Waals surface area (Å²) in [5.74, 6) is -0.216. The molecule has 0 spiro atoms. The Hall–Kier alpha value is -4.27. The standard InChI is InChI=1S/C33H33N3O4S/c37-33(32(34-38)23-25-7-3-1-4-8-25)24-26-11-15-30(16-12-26)36-21-19-29(20-22-36)35-41(39,40)31-17-13-28(14-18-31)27-9-5-2-6-10-27/h1-18,29,35,38H,19-24H2/b34-32+. The van der Waals surface area contributed by atoms with E-state index in [4.69, 9.17) is 0 Å². The molecular formula is C33H33N3O4S. The number of carbonyl (C=O) groups excluding carboxylic acids is 1. The molecule has 0 aromatic heterocycles. The van der Waals surface area contributed by atoms with E-state index in [1.54, 1.807) is 12.1 Å². The Balaban J connectivity index is 1.12. The van der Waals surface area contributed by atoms with Crippen LogP contribution in [0.4, 0.5) is 5.69 Å². The largest absolute Gasteiger partial charge is 0.411 e. The molecule has 4 aromatic carbocycles. The fourth-order valence-corrected chi connectivity index (χ4v) is 6.40. The van der Waals surface area contributed by atoms with Crippen LogP contribution in [0.5, 0.6) is 0 Å². The molecule has 8 heteroatoms. The van der Waals surface area contributed by atoms with Gasteiger partial charge in [-0.05, 0) is 59.4 Å². The lowest BCUT2D eigenvalue weighted by Crippen LogP contribution is -2.44. The van der Waals surface area contributed by atoms with Gasteiger partial charge in [-0.25, -0.2) is 13.1 Å². The van der Waals surface area contributed by atoms with Crippen molar-refractivity contribution in [3.05, 3.63) is 120 Å². The monoisotopic (exact) mass is 567 g/mol. The van der Waals surface area contributed by atoms with Gasteiger partial charge in [0.25, 0.3) is 0 Å². The number of hydrogen-bond acceptors (Lipinski definition) is 6. The molecule has 0 bridgehead atoms. The van der Waals surface area contributed by atoms with Crippen LogP contribution in [-0.4, -0.2) is 44.3 Å². The highest BCUT2D eigenvalue weighted by Crippen LogP contribution is 2.24. The van der Waals surface area contributed by atoms with Gasteiger partial charge in [-0.15, -0.1) is 0 Å². The first-order valence-electron chi connectivity index (χ1n) is 13.7. The minimum Gasteiger partial charge on any atom is -0.411 e. The van der Waals surface area contributed by atoms with Gasteiger partial charge < -0.3 is 10.1 Å². The Morgan fingerprint density at radius 1 is 0.756 bits per heavy atom. The van der Waals surface area contributed by atoms with Crippen molar-refractivity contribution < 1.29 is 18.4 Å². The van der Waals surface area contributed by atoms with E-state index in [-0.39, 0.29) is 35.3 Å². The highest BCUT2D eigenvalue weighted by atomic mass is 32.2. The van der Waals surface area contributed by atoms with Crippen LogP contribution in [0.1, 0.15) is 24.0 Å². The third-order valence-corrected chi connectivity index (χ3v) is 8.95. The molecule has 0 amide bonds. The highest BCUT2D eigenvalue weighted by Gasteiger charge is 2.25. The Morgan fingerprint density at radius 2 is 1.32 bits per heavy atom. The average molecular weight is 568 g/mol. The van der Waals surface area contributed by atoms with Crippen molar-refractivity contribution in [2.24, 2.45) is 5.16 Å². The maximum absolute atomic E-state index is 13.0. The number of oxime groups is 1. The lowest BCUT2D eigenvalue weighted by atomic mass is 10.00. The molecule has 4 aromatic rings. The van der Waals surface area contributed by atoms with Crippen molar-refractivity contribution in [3.63, 3.8) is 0 Å². The molecule has 1 aliphatic heterocycles.